The second kappa shape index (κ2) is 8.62. The lowest BCUT2D eigenvalue weighted by atomic mass is 9.42. The Hall–Kier alpha value is -0.330. The molecule has 0 aromatic rings. The Morgan fingerprint density at radius 1 is 0.912 bits per heavy atom. The van der Waals surface area contributed by atoms with Crippen molar-refractivity contribution in [2.45, 2.75) is 129 Å². The van der Waals surface area contributed by atoms with E-state index in [2.05, 4.69) is 13.8 Å². The summed E-state index contributed by atoms with van der Waals surface area (Å²) < 4.78 is 42.3. The zero-order valence-corrected chi connectivity index (χ0v) is 21.8. The van der Waals surface area contributed by atoms with E-state index in [1.165, 1.54) is 6.42 Å². The molecule has 0 bridgehead atoms. The SMILES string of the molecule is C[C@H](CCCC(C)(C)O)[C@H]1CC[C@H]2[C@@H]3CC[C@H]4C(O)(C(F)(F)F)[C@@H](O)CC[C@]4(C)[C@H]3CC[C@]12C. The molecular weight excluding hydrogens is 441 g/mol. The van der Waals surface area contributed by atoms with Gasteiger partial charge in [-0.2, -0.15) is 13.2 Å². The number of aliphatic hydroxyl groups excluding tert-OH is 1. The second-order valence-electron chi connectivity index (χ2n) is 13.8. The maximum atomic E-state index is 14.1. The minimum absolute atomic E-state index is 0.0228. The van der Waals surface area contributed by atoms with Crippen molar-refractivity contribution < 1.29 is 28.5 Å². The van der Waals surface area contributed by atoms with Gasteiger partial charge in [-0.05, 0) is 112 Å². The molecular formula is C28H47F3O3. The molecule has 3 N–H and O–H groups in total. The van der Waals surface area contributed by atoms with Crippen molar-refractivity contribution in [3.63, 3.8) is 0 Å². The van der Waals surface area contributed by atoms with Gasteiger partial charge in [-0.25, -0.2) is 0 Å². The Kier molecular flexibility index (Phi) is 6.77. The predicted molar refractivity (Wildman–Crippen MR) is 127 cm³/mol. The summed E-state index contributed by atoms with van der Waals surface area (Å²) in [5.74, 6) is 1.44. The first-order valence-electron chi connectivity index (χ1n) is 13.8. The molecule has 0 heterocycles. The quantitative estimate of drug-likeness (QED) is 0.415. The van der Waals surface area contributed by atoms with E-state index in [4.69, 9.17) is 0 Å². The molecule has 1 unspecified atom stereocenters. The molecule has 0 radical (unpaired) electrons. The summed E-state index contributed by atoms with van der Waals surface area (Å²) >= 11 is 0. The summed E-state index contributed by atoms with van der Waals surface area (Å²) in [6.07, 6.45) is 2.41. The molecule has 34 heavy (non-hydrogen) atoms. The number of alkyl halides is 3. The van der Waals surface area contributed by atoms with Gasteiger partial charge in [0.15, 0.2) is 5.60 Å². The van der Waals surface area contributed by atoms with Crippen LogP contribution in [-0.2, 0) is 0 Å². The Morgan fingerprint density at radius 3 is 2.15 bits per heavy atom. The molecule has 6 heteroatoms. The normalized spacial score (nSPS) is 48.1. The highest BCUT2D eigenvalue weighted by Gasteiger charge is 2.72. The fraction of sp³-hybridized carbons (Fsp3) is 1.00. The highest BCUT2D eigenvalue weighted by atomic mass is 19.4. The molecule has 4 aliphatic carbocycles. The fourth-order valence-corrected chi connectivity index (χ4v) is 9.86. The summed E-state index contributed by atoms with van der Waals surface area (Å²) in [7, 11) is 0. The van der Waals surface area contributed by atoms with Crippen LogP contribution in [0.3, 0.4) is 0 Å². The number of aliphatic hydroxyl groups is 3. The van der Waals surface area contributed by atoms with Crippen molar-refractivity contribution in [1.82, 2.24) is 0 Å². The largest absolute Gasteiger partial charge is 0.420 e. The van der Waals surface area contributed by atoms with Crippen LogP contribution in [0.25, 0.3) is 0 Å². The van der Waals surface area contributed by atoms with Gasteiger partial charge in [0.2, 0.25) is 0 Å². The van der Waals surface area contributed by atoms with Gasteiger partial charge in [-0.1, -0.05) is 33.6 Å². The standard InChI is InChI=1S/C28H47F3O3/c1-17(7-6-14-24(2,3)33)19-9-10-20-18-8-11-22-26(5,21(18)12-15-25(19,20)4)16-13-23(32)27(22,34)28(29,30)31/h17-23,32-34H,6-16H2,1-5H3/t17-,18+,19-,20+,21+,22-,23+,25-,26-,27?/m1/s1. The van der Waals surface area contributed by atoms with Gasteiger partial charge < -0.3 is 15.3 Å². The summed E-state index contributed by atoms with van der Waals surface area (Å²) in [5, 5.41) is 31.3. The van der Waals surface area contributed by atoms with E-state index in [1.807, 2.05) is 20.8 Å². The summed E-state index contributed by atoms with van der Waals surface area (Å²) in [5.41, 5.74) is -3.96. The smallest absolute Gasteiger partial charge is 0.390 e. The van der Waals surface area contributed by atoms with Crippen molar-refractivity contribution in [3.8, 4) is 0 Å². The molecule has 4 fully saturated rings. The molecule has 4 saturated carbocycles. The molecule has 0 saturated heterocycles. The molecule has 10 atom stereocenters. The van der Waals surface area contributed by atoms with Crippen molar-refractivity contribution in [3.05, 3.63) is 0 Å². The Balaban J connectivity index is 1.53. The van der Waals surface area contributed by atoms with E-state index >= 15 is 0 Å². The zero-order valence-electron chi connectivity index (χ0n) is 21.8. The average Bonchev–Trinajstić information content (AvgIpc) is 3.06. The van der Waals surface area contributed by atoms with E-state index in [9.17, 15) is 28.5 Å². The van der Waals surface area contributed by atoms with Gasteiger partial charge in [0.1, 0.15) is 0 Å². The third-order valence-corrected chi connectivity index (χ3v) is 11.5. The van der Waals surface area contributed by atoms with Crippen LogP contribution in [0.15, 0.2) is 0 Å². The molecule has 0 aromatic heterocycles. The molecule has 0 aliphatic heterocycles. The first-order chi connectivity index (χ1) is 15.6. The van der Waals surface area contributed by atoms with Gasteiger partial charge in [-0.3, -0.25) is 0 Å². The lowest BCUT2D eigenvalue weighted by molar-refractivity contribution is -0.346. The summed E-state index contributed by atoms with van der Waals surface area (Å²) in [6, 6.07) is 0. The first-order valence-corrected chi connectivity index (χ1v) is 13.8. The third kappa shape index (κ3) is 4.06. The molecule has 4 aliphatic rings. The van der Waals surface area contributed by atoms with Crippen LogP contribution in [0.4, 0.5) is 13.2 Å². The van der Waals surface area contributed by atoms with E-state index in [0.29, 0.717) is 36.5 Å². The van der Waals surface area contributed by atoms with Gasteiger partial charge in [0.25, 0.3) is 0 Å². The number of hydrogen-bond donors (Lipinski definition) is 3. The van der Waals surface area contributed by atoms with Gasteiger partial charge in [0, 0.05) is 5.92 Å². The van der Waals surface area contributed by atoms with E-state index < -0.39 is 34.8 Å². The summed E-state index contributed by atoms with van der Waals surface area (Å²) in [4.78, 5) is 0. The molecule has 4 rings (SSSR count). The van der Waals surface area contributed by atoms with Crippen LogP contribution >= 0.6 is 0 Å². The maximum Gasteiger partial charge on any atom is 0.420 e. The first kappa shape index (κ1) is 26.7. The average molecular weight is 489 g/mol. The summed E-state index contributed by atoms with van der Waals surface area (Å²) in [6.45, 7) is 10.5. The van der Waals surface area contributed by atoms with Crippen LogP contribution in [-0.4, -0.2) is 38.8 Å². The molecule has 3 nitrogen and oxygen atoms in total. The number of rotatable bonds is 5. The van der Waals surface area contributed by atoms with Crippen LogP contribution < -0.4 is 0 Å². The molecule has 198 valence electrons. The predicted octanol–water partition coefficient (Wildman–Crippen LogP) is 6.49. The second-order valence-corrected chi connectivity index (χ2v) is 13.8. The number of fused-ring (bicyclic) bond motifs is 5. The van der Waals surface area contributed by atoms with Crippen LogP contribution in [0.1, 0.15) is 105 Å². The van der Waals surface area contributed by atoms with Gasteiger partial charge in [-0.15, -0.1) is 0 Å². The Bertz CT molecular complexity index is 748. The highest BCUT2D eigenvalue weighted by Crippen LogP contribution is 2.70. The van der Waals surface area contributed by atoms with E-state index in [1.54, 1.807) is 0 Å². The van der Waals surface area contributed by atoms with E-state index in [0.717, 1.165) is 44.9 Å². The maximum absolute atomic E-state index is 14.1. The lowest BCUT2D eigenvalue weighted by Crippen LogP contribution is -2.69. The minimum atomic E-state index is -4.81. The van der Waals surface area contributed by atoms with Crippen LogP contribution in [0.5, 0.6) is 0 Å². The van der Waals surface area contributed by atoms with Crippen molar-refractivity contribution in [1.29, 1.82) is 0 Å². The lowest BCUT2D eigenvalue weighted by Gasteiger charge is -2.64. The van der Waals surface area contributed by atoms with E-state index in [-0.39, 0.29) is 17.8 Å². The fourth-order valence-electron chi connectivity index (χ4n) is 9.86. The third-order valence-electron chi connectivity index (χ3n) is 11.5. The van der Waals surface area contributed by atoms with Crippen molar-refractivity contribution in [2.75, 3.05) is 0 Å². The molecule has 0 spiro atoms. The topological polar surface area (TPSA) is 60.7 Å². The van der Waals surface area contributed by atoms with Gasteiger partial charge in [0.05, 0.1) is 11.7 Å². The van der Waals surface area contributed by atoms with Crippen molar-refractivity contribution in [2.24, 2.45) is 46.3 Å². The highest BCUT2D eigenvalue weighted by molar-refractivity contribution is 5.16. The zero-order chi connectivity index (χ0) is 25.3. The number of hydrogen-bond acceptors (Lipinski definition) is 3. The minimum Gasteiger partial charge on any atom is -0.390 e. The molecule has 0 amide bonds. The molecule has 0 aromatic carbocycles. The van der Waals surface area contributed by atoms with Gasteiger partial charge >= 0.3 is 6.18 Å². The van der Waals surface area contributed by atoms with Crippen LogP contribution in [0.2, 0.25) is 0 Å². The number of halogens is 3. The van der Waals surface area contributed by atoms with Crippen LogP contribution in [0, 0.1) is 46.3 Å². The Labute approximate surface area is 203 Å². The monoisotopic (exact) mass is 488 g/mol. The Morgan fingerprint density at radius 2 is 1.53 bits per heavy atom. The van der Waals surface area contributed by atoms with Crippen molar-refractivity contribution >= 4 is 0 Å².